The van der Waals surface area contributed by atoms with E-state index in [2.05, 4.69) is 69.4 Å². The van der Waals surface area contributed by atoms with Crippen molar-refractivity contribution in [3.8, 4) is 0 Å². The molecule has 1 aliphatic rings. The fourth-order valence-corrected chi connectivity index (χ4v) is 10.7. The van der Waals surface area contributed by atoms with Crippen molar-refractivity contribution < 1.29 is 58.2 Å². The van der Waals surface area contributed by atoms with Gasteiger partial charge in [-0.3, -0.25) is 14.4 Å². The molecule has 12 nitrogen and oxygen atoms in total. The van der Waals surface area contributed by atoms with E-state index in [0.29, 0.717) is 19.3 Å². The first-order valence-electron chi connectivity index (χ1n) is 34.6. The molecule has 1 fully saturated rings. The summed E-state index contributed by atoms with van der Waals surface area (Å²) in [6, 6.07) is 0. The van der Waals surface area contributed by atoms with Crippen molar-refractivity contribution in [2.24, 2.45) is 0 Å². The fourth-order valence-electron chi connectivity index (χ4n) is 10.7. The number of hydrogen-bond acceptors (Lipinski definition) is 11. The second kappa shape index (κ2) is 59.0. The van der Waals surface area contributed by atoms with Crippen LogP contribution in [0.1, 0.15) is 329 Å². The van der Waals surface area contributed by atoms with Gasteiger partial charge in [-0.05, 0) is 57.8 Å². The average Bonchev–Trinajstić information content (AvgIpc) is 3.57. The van der Waals surface area contributed by atoms with Crippen LogP contribution in [0.25, 0.3) is 0 Å². The number of esters is 3. The number of aliphatic hydroxyl groups is 2. The summed E-state index contributed by atoms with van der Waals surface area (Å²) in [4.78, 5) is 51.4. The molecular weight excluding hydrogens is 1040 g/mol. The van der Waals surface area contributed by atoms with Crippen LogP contribution in [0.4, 0.5) is 0 Å². The van der Waals surface area contributed by atoms with Crippen molar-refractivity contribution in [1.29, 1.82) is 0 Å². The van der Waals surface area contributed by atoms with Crippen LogP contribution in [0, 0.1) is 0 Å². The Kier molecular flexibility index (Phi) is 55.3. The molecule has 6 unspecified atom stereocenters. The third kappa shape index (κ3) is 48.5. The third-order valence-electron chi connectivity index (χ3n) is 15.9. The number of carbonyl (C=O) groups excluding carboxylic acids is 3. The van der Waals surface area contributed by atoms with E-state index in [4.69, 9.17) is 23.7 Å². The quantitative estimate of drug-likeness (QED) is 0.0228. The second-order valence-corrected chi connectivity index (χ2v) is 23.8. The van der Waals surface area contributed by atoms with Crippen LogP contribution < -0.4 is 0 Å². The van der Waals surface area contributed by atoms with Gasteiger partial charge in [0.05, 0.1) is 6.61 Å². The predicted molar refractivity (Wildman–Crippen MR) is 340 cm³/mol. The predicted octanol–water partition coefficient (Wildman–Crippen LogP) is 18.9. The number of unbranched alkanes of at least 4 members (excludes halogenated alkanes) is 38. The maximum atomic E-state index is 13.2. The van der Waals surface area contributed by atoms with Gasteiger partial charge in [0.2, 0.25) is 0 Å². The molecule has 0 bridgehead atoms. The minimum absolute atomic E-state index is 0.0649. The third-order valence-corrected chi connectivity index (χ3v) is 15.9. The Labute approximate surface area is 507 Å². The van der Waals surface area contributed by atoms with Gasteiger partial charge in [0.25, 0.3) is 0 Å². The van der Waals surface area contributed by atoms with E-state index < -0.39 is 67.3 Å². The van der Waals surface area contributed by atoms with Crippen molar-refractivity contribution in [2.45, 2.75) is 366 Å². The number of ether oxygens (including phenoxy) is 5. The average molecular weight is 1170 g/mol. The Morgan fingerprint density at radius 3 is 1.16 bits per heavy atom. The van der Waals surface area contributed by atoms with E-state index in [9.17, 15) is 34.5 Å². The van der Waals surface area contributed by atoms with Crippen LogP contribution in [0.2, 0.25) is 0 Å². The summed E-state index contributed by atoms with van der Waals surface area (Å²) < 4.78 is 28.6. The zero-order chi connectivity index (χ0) is 60.3. The number of hydrogen-bond donors (Lipinski definition) is 3. The first-order chi connectivity index (χ1) is 40.6. The largest absolute Gasteiger partial charge is 0.479 e. The van der Waals surface area contributed by atoms with Crippen LogP contribution in [0.15, 0.2) is 48.6 Å². The molecular formula is C71H126O12. The summed E-state index contributed by atoms with van der Waals surface area (Å²) >= 11 is 0. The molecule has 1 saturated heterocycles. The number of carbonyl (C=O) groups is 4. The summed E-state index contributed by atoms with van der Waals surface area (Å²) in [6.45, 7) is 5.94. The Morgan fingerprint density at radius 2 is 0.759 bits per heavy atom. The molecule has 0 saturated carbocycles. The molecule has 1 aliphatic heterocycles. The van der Waals surface area contributed by atoms with Gasteiger partial charge in [0.15, 0.2) is 24.6 Å². The highest BCUT2D eigenvalue weighted by Gasteiger charge is 2.50. The summed E-state index contributed by atoms with van der Waals surface area (Å²) in [5, 5.41) is 31.7. The van der Waals surface area contributed by atoms with E-state index in [-0.39, 0.29) is 25.9 Å². The van der Waals surface area contributed by atoms with Crippen LogP contribution in [-0.2, 0) is 42.9 Å². The summed E-state index contributed by atoms with van der Waals surface area (Å²) in [6.07, 6.45) is 60.6. The standard InChI is InChI=1S/C71H126O12/c1-4-7-10-13-16-19-22-25-28-30-32-34-37-39-42-45-48-51-54-57-63(72)79-60-62(81-64(73)58-55-52-49-46-43-40-36-27-24-21-18-15-12-9-6-3)61-80-71-69(67(76)66(75)68(83-71)70(77)78)82-65(74)59-56-53-50-47-44-41-38-35-33-31-29-26-23-20-17-14-11-8-5-2/h7,10,16,19,25,28,32,34,62,66-69,71,75-76H,4-6,8-9,11-15,17-18,20-24,26-27,29-31,33,35-61H2,1-3H3,(H,77,78)/b10-7-,19-16-,28-25-,34-32-. The first kappa shape index (κ1) is 77.7. The van der Waals surface area contributed by atoms with Crippen molar-refractivity contribution in [3.63, 3.8) is 0 Å². The van der Waals surface area contributed by atoms with Crippen LogP contribution in [0.3, 0.4) is 0 Å². The van der Waals surface area contributed by atoms with Gasteiger partial charge in [-0.25, -0.2) is 4.79 Å². The molecule has 0 aliphatic carbocycles. The lowest BCUT2D eigenvalue weighted by atomic mass is 9.98. The van der Waals surface area contributed by atoms with Crippen molar-refractivity contribution in [3.05, 3.63) is 48.6 Å². The SMILES string of the molecule is CC/C=C\C/C=C\C/C=C\C/C=C\CCCCCCCCC(=O)OCC(COC1OC(C(=O)O)C(O)C(O)C1OC(=O)CCCCCCCCCCCCCCCCCCCCC)OC(=O)CCCCCCCCCCCCCCCCC. The molecule has 0 aromatic heterocycles. The molecule has 0 spiro atoms. The number of aliphatic hydroxyl groups excluding tert-OH is 2. The summed E-state index contributed by atoms with van der Waals surface area (Å²) in [5.74, 6) is -3.10. The van der Waals surface area contributed by atoms with Crippen molar-refractivity contribution in [2.75, 3.05) is 13.2 Å². The summed E-state index contributed by atoms with van der Waals surface area (Å²) in [7, 11) is 0. The molecule has 0 radical (unpaired) electrons. The fraction of sp³-hybridized carbons (Fsp3) is 0.831. The van der Waals surface area contributed by atoms with Gasteiger partial charge in [-0.2, -0.15) is 0 Å². The molecule has 0 aromatic rings. The van der Waals surface area contributed by atoms with Gasteiger partial charge in [0, 0.05) is 19.3 Å². The van der Waals surface area contributed by atoms with Gasteiger partial charge in [-0.15, -0.1) is 0 Å². The molecule has 0 aromatic carbocycles. The molecule has 1 rings (SSSR count). The van der Waals surface area contributed by atoms with E-state index in [1.165, 1.54) is 167 Å². The summed E-state index contributed by atoms with van der Waals surface area (Å²) in [5.41, 5.74) is 0. The Hall–Kier alpha value is -3.32. The minimum Gasteiger partial charge on any atom is -0.479 e. The molecule has 83 heavy (non-hydrogen) atoms. The normalized spacial score (nSPS) is 17.8. The highest BCUT2D eigenvalue weighted by atomic mass is 16.7. The Morgan fingerprint density at radius 1 is 0.410 bits per heavy atom. The number of carboxylic acid groups (broad SMARTS) is 1. The first-order valence-corrected chi connectivity index (χ1v) is 34.6. The highest BCUT2D eigenvalue weighted by molar-refractivity contribution is 5.74. The van der Waals surface area contributed by atoms with Crippen molar-refractivity contribution >= 4 is 23.9 Å². The molecule has 3 N–H and O–H groups in total. The number of carboxylic acids is 1. The number of allylic oxidation sites excluding steroid dienone is 8. The van der Waals surface area contributed by atoms with Crippen LogP contribution in [0.5, 0.6) is 0 Å². The Balaban J connectivity index is 2.62. The van der Waals surface area contributed by atoms with Crippen LogP contribution in [-0.4, -0.2) is 89.2 Å². The minimum atomic E-state index is -1.90. The smallest absolute Gasteiger partial charge is 0.335 e. The lowest BCUT2D eigenvalue weighted by Gasteiger charge is -2.40. The van der Waals surface area contributed by atoms with Crippen molar-refractivity contribution in [1.82, 2.24) is 0 Å². The number of rotatable bonds is 60. The molecule has 1 heterocycles. The zero-order valence-electron chi connectivity index (χ0n) is 53.5. The second-order valence-electron chi connectivity index (χ2n) is 23.8. The lowest BCUT2D eigenvalue weighted by Crippen LogP contribution is -2.61. The molecule has 0 amide bonds. The van der Waals surface area contributed by atoms with Gasteiger partial charge in [-0.1, -0.05) is 301 Å². The molecule has 12 heteroatoms. The van der Waals surface area contributed by atoms with Gasteiger partial charge < -0.3 is 39.0 Å². The van der Waals surface area contributed by atoms with Gasteiger partial charge >= 0.3 is 23.9 Å². The number of aliphatic carboxylic acids is 1. The van der Waals surface area contributed by atoms with E-state index in [1.54, 1.807) is 0 Å². The Bertz CT molecular complexity index is 1630. The lowest BCUT2D eigenvalue weighted by molar-refractivity contribution is -0.301. The zero-order valence-corrected chi connectivity index (χ0v) is 53.5. The molecule has 482 valence electrons. The van der Waals surface area contributed by atoms with E-state index in [1.807, 2.05) is 0 Å². The monoisotopic (exact) mass is 1170 g/mol. The van der Waals surface area contributed by atoms with Gasteiger partial charge in [0.1, 0.15) is 18.8 Å². The molecule has 6 atom stereocenters. The van der Waals surface area contributed by atoms with Crippen LogP contribution >= 0.6 is 0 Å². The van der Waals surface area contributed by atoms with E-state index in [0.717, 1.165) is 103 Å². The maximum absolute atomic E-state index is 13.2. The topological polar surface area (TPSA) is 175 Å². The van der Waals surface area contributed by atoms with E-state index >= 15 is 0 Å². The highest BCUT2D eigenvalue weighted by Crippen LogP contribution is 2.27. The maximum Gasteiger partial charge on any atom is 0.335 e.